The number of piperazine rings is 1. The molecule has 0 radical (unpaired) electrons. The zero-order valence-corrected chi connectivity index (χ0v) is 12.4. The second kappa shape index (κ2) is 5.44. The third-order valence-electron chi connectivity index (χ3n) is 4.43. The van der Waals surface area contributed by atoms with Crippen molar-refractivity contribution in [1.82, 2.24) is 20.1 Å². The van der Waals surface area contributed by atoms with E-state index < -0.39 is 0 Å². The van der Waals surface area contributed by atoms with Crippen molar-refractivity contribution in [1.29, 1.82) is 0 Å². The molecule has 2 fully saturated rings. The lowest BCUT2D eigenvalue weighted by atomic mass is 10.2. The summed E-state index contributed by atoms with van der Waals surface area (Å²) < 4.78 is 0. The average molecular weight is 297 g/mol. The standard InChI is InChI=1S/C16H19N5O/c22-16(15-11-14(18-19-15)12-1-2-12)21-9-7-20(8-10-21)13-3-5-17-6-4-13/h3-6,11-12H,1-2,7-10H2,(H,18,19). The van der Waals surface area contributed by atoms with E-state index in [0.717, 1.165) is 37.6 Å². The van der Waals surface area contributed by atoms with Gasteiger partial charge in [-0.05, 0) is 31.0 Å². The molecule has 3 heterocycles. The first-order valence-electron chi connectivity index (χ1n) is 7.81. The molecule has 22 heavy (non-hydrogen) atoms. The predicted molar refractivity (Wildman–Crippen MR) is 82.9 cm³/mol. The number of rotatable bonds is 3. The minimum absolute atomic E-state index is 0.0394. The molecule has 1 saturated heterocycles. The largest absolute Gasteiger partial charge is 0.368 e. The van der Waals surface area contributed by atoms with Crippen molar-refractivity contribution in [3.05, 3.63) is 42.0 Å². The number of hydrogen-bond donors (Lipinski definition) is 1. The van der Waals surface area contributed by atoms with E-state index in [2.05, 4.69) is 20.1 Å². The third-order valence-corrected chi connectivity index (χ3v) is 4.43. The molecule has 2 aliphatic rings. The van der Waals surface area contributed by atoms with Crippen molar-refractivity contribution in [2.24, 2.45) is 0 Å². The van der Waals surface area contributed by atoms with Gasteiger partial charge >= 0.3 is 0 Å². The van der Waals surface area contributed by atoms with Crippen LogP contribution >= 0.6 is 0 Å². The van der Waals surface area contributed by atoms with E-state index in [1.165, 1.54) is 12.8 Å². The van der Waals surface area contributed by atoms with Gasteiger partial charge in [-0.3, -0.25) is 14.9 Å². The summed E-state index contributed by atoms with van der Waals surface area (Å²) in [4.78, 5) is 20.7. The molecule has 6 nitrogen and oxygen atoms in total. The second-order valence-electron chi connectivity index (χ2n) is 5.97. The van der Waals surface area contributed by atoms with Gasteiger partial charge in [0, 0.05) is 55.9 Å². The van der Waals surface area contributed by atoms with Gasteiger partial charge < -0.3 is 9.80 Å². The first-order valence-corrected chi connectivity index (χ1v) is 7.81. The summed E-state index contributed by atoms with van der Waals surface area (Å²) in [6.07, 6.45) is 6.02. The molecule has 0 atom stereocenters. The van der Waals surface area contributed by atoms with E-state index in [-0.39, 0.29) is 5.91 Å². The highest BCUT2D eigenvalue weighted by atomic mass is 16.2. The highest BCUT2D eigenvalue weighted by molar-refractivity contribution is 5.92. The van der Waals surface area contributed by atoms with Crippen molar-refractivity contribution in [3.63, 3.8) is 0 Å². The van der Waals surface area contributed by atoms with Gasteiger partial charge in [-0.2, -0.15) is 5.10 Å². The van der Waals surface area contributed by atoms with Crippen LogP contribution in [0.25, 0.3) is 0 Å². The lowest BCUT2D eigenvalue weighted by molar-refractivity contribution is 0.0741. The summed E-state index contributed by atoms with van der Waals surface area (Å²) in [7, 11) is 0. The average Bonchev–Trinajstić information content (AvgIpc) is 3.32. The van der Waals surface area contributed by atoms with Crippen molar-refractivity contribution in [2.45, 2.75) is 18.8 Å². The van der Waals surface area contributed by atoms with E-state index in [1.54, 1.807) is 12.4 Å². The summed E-state index contributed by atoms with van der Waals surface area (Å²) >= 11 is 0. The maximum absolute atomic E-state index is 12.5. The number of H-pyrrole nitrogens is 1. The quantitative estimate of drug-likeness (QED) is 0.935. The fourth-order valence-electron chi connectivity index (χ4n) is 2.93. The van der Waals surface area contributed by atoms with Crippen molar-refractivity contribution < 1.29 is 4.79 Å². The van der Waals surface area contributed by atoms with Crippen LogP contribution in [0.3, 0.4) is 0 Å². The molecule has 2 aromatic heterocycles. The second-order valence-corrected chi connectivity index (χ2v) is 5.97. The number of carbonyl (C=O) groups excluding carboxylic acids is 1. The Labute approximate surface area is 129 Å². The van der Waals surface area contributed by atoms with Crippen LogP contribution in [0.15, 0.2) is 30.6 Å². The molecule has 1 amide bonds. The lowest BCUT2D eigenvalue weighted by Gasteiger charge is -2.35. The van der Waals surface area contributed by atoms with Gasteiger partial charge in [-0.1, -0.05) is 0 Å². The van der Waals surface area contributed by atoms with Crippen LogP contribution < -0.4 is 4.90 Å². The van der Waals surface area contributed by atoms with Crippen LogP contribution in [-0.2, 0) is 0 Å². The van der Waals surface area contributed by atoms with E-state index in [0.29, 0.717) is 11.6 Å². The van der Waals surface area contributed by atoms with Gasteiger partial charge in [-0.25, -0.2) is 0 Å². The predicted octanol–water partition coefficient (Wildman–Crippen LogP) is 1.64. The lowest BCUT2D eigenvalue weighted by Crippen LogP contribution is -2.48. The Morgan fingerprint density at radius 2 is 1.86 bits per heavy atom. The zero-order valence-electron chi connectivity index (χ0n) is 12.4. The fourth-order valence-corrected chi connectivity index (χ4v) is 2.93. The Bertz CT molecular complexity index is 656. The molecule has 2 aromatic rings. The van der Waals surface area contributed by atoms with Crippen LogP contribution in [0.2, 0.25) is 0 Å². The third kappa shape index (κ3) is 2.56. The topological polar surface area (TPSA) is 65.1 Å². The molecule has 4 rings (SSSR count). The fraction of sp³-hybridized carbons (Fsp3) is 0.438. The normalized spacial score (nSPS) is 18.5. The Hall–Kier alpha value is -2.37. The first-order chi connectivity index (χ1) is 10.8. The van der Waals surface area contributed by atoms with Crippen molar-refractivity contribution in [2.75, 3.05) is 31.1 Å². The molecule has 0 bridgehead atoms. The van der Waals surface area contributed by atoms with Crippen LogP contribution in [0, 0.1) is 0 Å². The molecule has 1 saturated carbocycles. The highest BCUT2D eigenvalue weighted by Gasteiger charge is 2.28. The van der Waals surface area contributed by atoms with Gasteiger partial charge in [0.05, 0.1) is 0 Å². The first kappa shape index (κ1) is 13.3. The van der Waals surface area contributed by atoms with E-state index >= 15 is 0 Å². The van der Waals surface area contributed by atoms with Crippen LogP contribution in [-0.4, -0.2) is 52.2 Å². The smallest absolute Gasteiger partial charge is 0.274 e. The number of pyridine rings is 1. The molecular formula is C16H19N5O. The SMILES string of the molecule is O=C(c1cc(C2CC2)[nH]n1)N1CCN(c2ccncc2)CC1. The maximum Gasteiger partial charge on any atom is 0.274 e. The number of nitrogens with zero attached hydrogens (tertiary/aromatic N) is 4. The minimum Gasteiger partial charge on any atom is -0.368 e. The molecule has 0 spiro atoms. The summed E-state index contributed by atoms with van der Waals surface area (Å²) in [6.45, 7) is 3.14. The van der Waals surface area contributed by atoms with E-state index in [1.807, 2.05) is 23.1 Å². The zero-order chi connectivity index (χ0) is 14.9. The number of carbonyl (C=O) groups is 1. The molecule has 1 aliphatic carbocycles. The number of aromatic amines is 1. The molecular weight excluding hydrogens is 278 g/mol. The van der Waals surface area contributed by atoms with Crippen molar-refractivity contribution >= 4 is 11.6 Å². The van der Waals surface area contributed by atoms with Crippen LogP contribution in [0.4, 0.5) is 5.69 Å². The molecule has 6 heteroatoms. The summed E-state index contributed by atoms with van der Waals surface area (Å²) in [6, 6.07) is 5.94. The molecule has 0 unspecified atom stereocenters. The number of anilines is 1. The Kier molecular flexibility index (Phi) is 3.29. The minimum atomic E-state index is 0.0394. The monoisotopic (exact) mass is 297 g/mol. The van der Waals surface area contributed by atoms with Gasteiger partial charge in [0.25, 0.3) is 5.91 Å². The molecule has 0 aromatic carbocycles. The number of aromatic nitrogens is 3. The molecule has 1 N–H and O–H groups in total. The summed E-state index contributed by atoms with van der Waals surface area (Å²) in [5.41, 5.74) is 2.83. The van der Waals surface area contributed by atoms with Gasteiger partial charge in [0.1, 0.15) is 5.69 Å². The van der Waals surface area contributed by atoms with E-state index in [9.17, 15) is 4.79 Å². The Morgan fingerprint density at radius 1 is 1.14 bits per heavy atom. The van der Waals surface area contributed by atoms with Crippen molar-refractivity contribution in [3.8, 4) is 0 Å². The van der Waals surface area contributed by atoms with Gasteiger partial charge in [0.2, 0.25) is 0 Å². The number of hydrogen-bond acceptors (Lipinski definition) is 4. The number of nitrogens with one attached hydrogen (secondary N) is 1. The van der Waals surface area contributed by atoms with Gasteiger partial charge in [0.15, 0.2) is 0 Å². The summed E-state index contributed by atoms with van der Waals surface area (Å²) in [5.74, 6) is 0.634. The van der Waals surface area contributed by atoms with E-state index in [4.69, 9.17) is 0 Å². The maximum atomic E-state index is 12.5. The van der Waals surface area contributed by atoms with Crippen LogP contribution in [0.5, 0.6) is 0 Å². The number of amides is 1. The summed E-state index contributed by atoms with van der Waals surface area (Å²) in [5, 5.41) is 7.20. The van der Waals surface area contributed by atoms with Crippen LogP contribution in [0.1, 0.15) is 34.9 Å². The van der Waals surface area contributed by atoms with Gasteiger partial charge in [-0.15, -0.1) is 0 Å². The molecule has 114 valence electrons. The highest BCUT2D eigenvalue weighted by Crippen LogP contribution is 2.39. The Balaban J connectivity index is 1.39. The molecule has 1 aliphatic heterocycles. The Morgan fingerprint density at radius 3 is 2.55 bits per heavy atom.